The van der Waals surface area contributed by atoms with E-state index in [1.165, 1.54) is 12.1 Å². The Kier molecular flexibility index (Phi) is 5.52. The Labute approximate surface area is 127 Å². The molecule has 0 bridgehead atoms. The molecule has 0 atom stereocenters. The van der Waals surface area contributed by atoms with Gasteiger partial charge in [0.25, 0.3) is 0 Å². The molecule has 2 rings (SSSR count). The minimum Gasteiger partial charge on any atom is -0.303 e. The maximum Gasteiger partial charge on any atom is 0.144 e. The molecule has 1 aliphatic heterocycles. The molecule has 0 N–H and O–H groups in total. The predicted molar refractivity (Wildman–Crippen MR) is 80.7 cm³/mol. The molecule has 1 aromatic carbocycles. The van der Waals surface area contributed by atoms with Gasteiger partial charge in [0, 0.05) is 18.2 Å². The molecule has 0 spiro atoms. The lowest BCUT2D eigenvalue weighted by Gasteiger charge is -2.36. The predicted octanol–water partition coefficient (Wildman–Crippen LogP) is 3.64. The van der Waals surface area contributed by atoms with Gasteiger partial charge in [0.1, 0.15) is 11.6 Å². The van der Waals surface area contributed by atoms with Crippen molar-refractivity contribution in [3.63, 3.8) is 0 Å². The van der Waals surface area contributed by atoms with E-state index in [0.29, 0.717) is 17.1 Å². The van der Waals surface area contributed by atoms with Crippen LogP contribution in [0.5, 0.6) is 0 Å². The average Bonchev–Trinajstić information content (AvgIpc) is 2.47. The second-order valence-corrected chi connectivity index (χ2v) is 6.26. The third-order valence-corrected chi connectivity index (χ3v) is 4.79. The van der Waals surface area contributed by atoms with Gasteiger partial charge in [0.15, 0.2) is 0 Å². The molecule has 2 nitrogen and oxygen atoms in total. The Balaban J connectivity index is 2.02. The van der Waals surface area contributed by atoms with Crippen LogP contribution in [-0.4, -0.2) is 42.5 Å². The van der Waals surface area contributed by atoms with Gasteiger partial charge < -0.3 is 4.90 Å². The second-order valence-electron chi connectivity index (χ2n) is 5.40. The minimum atomic E-state index is -0.483. The van der Waals surface area contributed by atoms with E-state index in [1.807, 2.05) is 7.05 Å². The first-order valence-corrected chi connectivity index (χ1v) is 7.87. The van der Waals surface area contributed by atoms with Crippen LogP contribution in [0.2, 0.25) is 0 Å². The van der Waals surface area contributed by atoms with Crippen LogP contribution in [0.25, 0.3) is 0 Å². The highest BCUT2D eigenvalue weighted by atomic mass is 79.9. The fourth-order valence-corrected chi connectivity index (χ4v) is 3.14. The zero-order chi connectivity index (χ0) is 14.7. The Bertz CT molecular complexity index is 459. The van der Waals surface area contributed by atoms with Crippen molar-refractivity contribution in [2.45, 2.75) is 32.4 Å². The molecule has 0 radical (unpaired) electrons. The van der Waals surface area contributed by atoms with Crippen molar-refractivity contribution in [2.24, 2.45) is 0 Å². The van der Waals surface area contributed by atoms with Crippen LogP contribution in [0.3, 0.4) is 0 Å². The van der Waals surface area contributed by atoms with Gasteiger partial charge in [-0.25, -0.2) is 8.78 Å². The van der Waals surface area contributed by atoms with Crippen molar-refractivity contribution >= 4 is 15.9 Å². The van der Waals surface area contributed by atoms with Crippen molar-refractivity contribution in [1.29, 1.82) is 0 Å². The molecule has 20 heavy (non-hydrogen) atoms. The highest BCUT2D eigenvalue weighted by Crippen LogP contribution is 2.24. The first-order valence-electron chi connectivity index (χ1n) is 7.08. The standard InChI is InChI=1S/C15H21BrF2N2/c1-3-20-8-6-11(7-9-20)19(2)10-12-14(17)5-4-13(16)15(12)18/h4-5,11H,3,6-10H2,1-2H3. The molecule has 0 amide bonds. The van der Waals surface area contributed by atoms with Crippen molar-refractivity contribution < 1.29 is 8.78 Å². The normalized spacial score (nSPS) is 17.9. The summed E-state index contributed by atoms with van der Waals surface area (Å²) < 4.78 is 28.1. The monoisotopic (exact) mass is 346 g/mol. The zero-order valence-corrected chi connectivity index (χ0v) is 13.6. The van der Waals surface area contributed by atoms with E-state index in [9.17, 15) is 8.78 Å². The molecule has 0 aromatic heterocycles. The molecule has 0 unspecified atom stereocenters. The first kappa shape index (κ1) is 15.9. The Morgan fingerprint density at radius 2 is 1.95 bits per heavy atom. The summed E-state index contributed by atoms with van der Waals surface area (Å²) in [5.74, 6) is -0.952. The summed E-state index contributed by atoms with van der Waals surface area (Å²) in [6, 6.07) is 3.12. The quantitative estimate of drug-likeness (QED) is 0.768. The van der Waals surface area contributed by atoms with Crippen molar-refractivity contribution in [3.8, 4) is 0 Å². The SMILES string of the molecule is CCN1CCC(N(C)Cc2c(F)ccc(Br)c2F)CC1. The summed E-state index contributed by atoms with van der Waals surface area (Å²) >= 11 is 3.12. The molecule has 1 fully saturated rings. The lowest BCUT2D eigenvalue weighted by molar-refractivity contribution is 0.125. The number of piperidine rings is 1. The lowest BCUT2D eigenvalue weighted by Crippen LogP contribution is -2.43. The summed E-state index contributed by atoms with van der Waals surface area (Å²) in [7, 11) is 1.95. The van der Waals surface area contributed by atoms with Crippen molar-refractivity contribution in [1.82, 2.24) is 9.80 Å². The summed E-state index contributed by atoms with van der Waals surface area (Å²) in [5.41, 5.74) is 0.153. The summed E-state index contributed by atoms with van der Waals surface area (Å²) in [5, 5.41) is 0. The van der Waals surface area contributed by atoms with Gasteiger partial charge in [-0.2, -0.15) is 0 Å². The summed E-state index contributed by atoms with van der Waals surface area (Å²) in [6.07, 6.45) is 2.11. The van der Waals surface area contributed by atoms with E-state index in [0.717, 1.165) is 32.5 Å². The fourth-order valence-electron chi connectivity index (χ4n) is 2.77. The summed E-state index contributed by atoms with van der Waals surface area (Å²) in [4.78, 5) is 4.48. The smallest absolute Gasteiger partial charge is 0.144 e. The number of benzene rings is 1. The van der Waals surface area contributed by atoms with Crippen LogP contribution in [0.15, 0.2) is 16.6 Å². The molecule has 5 heteroatoms. The van der Waals surface area contributed by atoms with E-state index < -0.39 is 11.6 Å². The molecule has 0 saturated carbocycles. The first-order chi connectivity index (χ1) is 9.52. The minimum absolute atomic E-state index is 0.153. The Morgan fingerprint density at radius 1 is 1.30 bits per heavy atom. The number of nitrogens with zero attached hydrogens (tertiary/aromatic N) is 2. The summed E-state index contributed by atoms with van der Waals surface area (Å²) in [6.45, 7) is 5.68. The Morgan fingerprint density at radius 3 is 2.55 bits per heavy atom. The van der Waals surface area contributed by atoms with Gasteiger partial charge in [-0.1, -0.05) is 6.92 Å². The molecule has 1 aliphatic rings. The molecule has 0 aliphatic carbocycles. The molecule has 1 saturated heterocycles. The van der Waals surface area contributed by atoms with Gasteiger partial charge >= 0.3 is 0 Å². The van der Waals surface area contributed by atoms with E-state index in [4.69, 9.17) is 0 Å². The fraction of sp³-hybridized carbons (Fsp3) is 0.600. The molecular weight excluding hydrogens is 326 g/mol. The van der Waals surface area contributed by atoms with Crippen molar-refractivity contribution in [2.75, 3.05) is 26.7 Å². The molecule has 1 aromatic rings. The Hall–Kier alpha value is -0.520. The third kappa shape index (κ3) is 3.57. The van der Waals surface area contributed by atoms with E-state index in [-0.39, 0.29) is 5.56 Å². The molecular formula is C15H21BrF2N2. The number of hydrogen-bond donors (Lipinski definition) is 0. The van der Waals surface area contributed by atoms with Gasteiger partial charge in [0.05, 0.1) is 4.47 Å². The van der Waals surface area contributed by atoms with Crippen LogP contribution >= 0.6 is 15.9 Å². The maximum atomic E-state index is 14.0. The van der Waals surface area contributed by atoms with Crippen LogP contribution in [0, 0.1) is 11.6 Å². The number of rotatable bonds is 4. The highest BCUT2D eigenvalue weighted by Gasteiger charge is 2.23. The topological polar surface area (TPSA) is 6.48 Å². The number of likely N-dealkylation sites (tertiary alicyclic amines) is 1. The number of hydrogen-bond acceptors (Lipinski definition) is 2. The van der Waals surface area contributed by atoms with Crippen LogP contribution in [0.4, 0.5) is 8.78 Å². The number of halogens is 3. The zero-order valence-electron chi connectivity index (χ0n) is 12.0. The van der Waals surface area contributed by atoms with Gasteiger partial charge in [-0.3, -0.25) is 4.90 Å². The van der Waals surface area contributed by atoms with Gasteiger partial charge in [-0.15, -0.1) is 0 Å². The highest BCUT2D eigenvalue weighted by molar-refractivity contribution is 9.10. The van der Waals surface area contributed by atoms with E-state index in [2.05, 4.69) is 32.7 Å². The molecule has 112 valence electrons. The van der Waals surface area contributed by atoms with Crippen LogP contribution in [-0.2, 0) is 6.54 Å². The third-order valence-electron chi connectivity index (χ3n) is 4.17. The molecule has 1 heterocycles. The second kappa shape index (κ2) is 6.96. The van der Waals surface area contributed by atoms with Crippen LogP contribution in [0.1, 0.15) is 25.3 Å². The average molecular weight is 347 g/mol. The van der Waals surface area contributed by atoms with Crippen LogP contribution < -0.4 is 0 Å². The van der Waals surface area contributed by atoms with Crippen molar-refractivity contribution in [3.05, 3.63) is 33.8 Å². The van der Waals surface area contributed by atoms with E-state index in [1.54, 1.807) is 0 Å². The maximum absolute atomic E-state index is 14.0. The lowest BCUT2D eigenvalue weighted by atomic mass is 10.0. The largest absolute Gasteiger partial charge is 0.303 e. The van der Waals surface area contributed by atoms with Gasteiger partial charge in [0.2, 0.25) is 0 Å². The van der Waals surface area contributed by atoms with Gasteiger partial charge in [-0.05, 0) is 67.6 Å². The van der Waals surface area contributed by atoms with E-state index >= 15 is 0 Å².